The van der Waals surface area contributed by atoms with Gasteiger partial charge in [0, 0.05) is 31.1 Å². The molecule has 0 heterocycles. The molecule has 0 unspecified atom stereocenters. The van der Waals surface area contributed by atoms with Gasteiger partial charge in [-0.2, -0.15) is 0 Å². The molecule has 0 fully saturated rings. The van der Waals surface area contributed by atoms with Crippen molar-refractivity contribution in [1.29, 1.82) is 0 Å². The number of hydrogen-bond donors (Lipinski definition) is 3. The van der Waals surface area contributed by atoms with Crippen LogP contribution in [0.2, 0.25) is 5.02 Å². The molecule has 3 N–H and O–H groups in total. The first-order valence-electron chi connectivity index (χ1n) is 9.21. The number of anilines is 3. The molecular formula is C21H22ClN3O5. The van der Waals surface area contributed by atoms with E-state index in [0.29, 0.717) is 22.1 Å². The summed E-state index contributed by atoms with van der Waals surface area (Å²) in [6, 6.07) is 13.3. The Morgan fingerprint density at radius 3 is 2.10 bits per heavy atom. The minimum absolute atomic E-state index is 0.00857. The van der Waals surface area contributed by atoms with Crippen LogP contribution >= 0.6 is 11.6 Å². The van der Waals surface area contributed by atoms with Gasteiger partial charge in [0.15, 0.2) is 6.61 Å². The van der Waals surface area contributed by atoms with Crippen LogP contribution in [-0.4, -0.2) is 30.3 Å². The second-order valence-corrected chi connectivity index (χ2v) is 6.76. The van der Waals surface area contributed by atoms with Crippen LogP contribution in [0.15, 0.2) is 48.5 Å². The largest absolute Gasteiger partial charge is 0.456 e. The maximum absolute atomic E-state index is 11.9. The Morgan fingerprint density at radius 2 is 1.47 bits per heavy atom. The summed E-state index contributed by atoms with van der Waals surface area (Å²) in [6.07, 6.45) is 0.406. The van der Waals surface area contributed by atoms with Crippen molar-refractivity contribution >= 4 is 52.4 Å². The molecule has 0 saturated carbocycles. The summed E-state index contributed by atoms with van der Waals surface area (Å²) in [7, 11) is 0. The highest BCUT2D eigenvalue weighted by molar-refractivity contribution is 6.33. The minimum Gasteiger partial charge on any atom is -0.456 e. The van der Waals surface area contributed by atoms with Crippen molar-refractivity contribution in [3.05, 3.63) is 53.6 Å². The zero-order valence-electron chi connectivity index (χ0n) is 16.4. The quantitative estimate of drug-likeness (QED) is 0.525. The second kappa shape index (κ2) is 11.6. The molecule has 3 amide bonds. The lowest BCUT2D eigenvalue weighted by Crippen LogP contribution is -2.21. The molecule has 0 bridgehead atoms. The summed E-state index contributed by atoms with van der Waals surface area (Å²) < 4.78 is 4.91. The van der Waals surface area contributed by atoms with E-state index in [9.17, 15) is 19.2 Å². The average molecular weight is 432 g/mol. The number of halogens is 1. The Labute approximate surface area is 178 Å². The first-order valence-corrected chi connectivity index (χ1v) is 9.59. The first kappa shape index (κ1) is 22.9. The van der Waals surface area contributed by atoms with E-state index >= 15 is 0 Å². The van der Waals surface area contributed by atoms with Crippen molar-refractivity contribution < 1.29 is 23.9 Å². The molecule has 0 aliphatic rings. The molecule has 0 saturated heterocycles. The lowest BCUT2D eigenvalue weighted by atomic mass is 10.2. The molecule has 0 spiro atoms. The van der Waals surface area contributed by atoms with Crippen molar-refractivity contribution in [2.24, 2.45) is 0 Å². The minimum atomic E-state index is -0.573. The molecule has 158 valence electrons. The van der Waals surface area contributed by atoms with Gasteiger partial charge in [0.05, 0.1) is 10.7 Å². The number of para-hydroxylation sites is 1. The van der Waals surface area contributed by atoms with Crippen molar-refractivity contribution in [3.63, 3.8) is 0 Å². The molecule has 0 aliphatic carbocycles. The van der Waals surface area contributed by atoms with E-state index in [1.807, 2.05) is 0 Å². The molecule has 0 aromatic heterocycles. The Kier molecular flexibility index (Phi) is 8.83. The second-order valence-electron chi connectivity index (χ2n) is 6.35. The molecule has 0 atom stereocenters. The fraction of sp³-hybridized carbons (Fsp3) is 0.238. The Bertz CT molecular complexity index is 915. The van der Waals surface area contributed by atoms with E-state index < -0.39 is 18.5 Å². The lowest BCUT2D eigenvalue weighted by Gasteiger charge is -2.08. The first-order chi connectivity index (χ1) is 14.3. The number of hydrogen-bond acceptors (Lipinski definition) is 5. The monoisotopic (exact) mass is 431 g/mol. The Balaban J connectivity index is 1.64. The molecule has 8 nitrogen and oxygen atoms in total. The van der Waals surface area contributed by atoms with Gasteiger partial charge in [-0.3, -0.25) is 19.2 Å². The fourth-order valence-corrected chi connectivity index (χ4v) is 2.61. The summed E-state index contributed by atoms with van der Waals surface area (Å²) >= 11 is 5.97. The van der Waals surface area contributed by atoms with Gasteiger partial charge in [0.25, 0.3) is 5.91 Å². The van der Waals surface area contributed by atoms with E-state index in [1.165, 1.54) is 6.92 Å². The van der Waals surface area contributed by atoms with Crippen LogP contribution in [0.3, 0.4) is 0 Å². The zero-order valence-corrected chi connectivity index (χ0v) is 17.1. The number of carbonyl (C=O) groups is 4. The number of ether oxygens (including phenoxy) is 1. The van der Waals surface area contributed by atoms with Gasteiger partial charge in [-0.15, -0.1) is 0 Å². The number of carbonyl (C=O) groups excluding carboxylic acids is 4. The van der Waals surface area contributed by atoms with Crippen LogP contribution in [0.1, 0.15) is 26.2 Å². The van der Waals surface area contributed by atoms with Crippen LogP contribution in [0.25, 0.3) is 0 Å². The third-order valence-electron chi connectivity index (χ3n) is 3.79. The maximum Gasteiger partial charge on any atom is 0.306 e. The van der Waals surface area contributed by atoms with Gasteiger partial charge in [-0.05, 0) is 42.8 Å². The number of esters is 1. The van der Waals surface area contributed by atoms with Crippen molar-refractivity contribution in [2.45, 2.75) is 26.2 Å². The summed E-state index contributed by atoms with van der Waals surface area (Å²) in [5.74, 6) is -1.53. The zero-order chi connectivity index (χ0) is 21.9. The van der Waals surface area contributed by atoms with Gasteiger partial charge in [-0.25, -0.2) is 0 Å². The third kappa shape index (κ3) is 8.32. The van der Waals surface area contributed by atoms with Crippen LogP contribution in [0.5, 0.6) is 0 Å². The molecular weight excluding hydrogens is 410 g/mol. The van der Waals surface area contributed by atoms with E-state index in [1.54, 1.807) is 48.5 Å². The van der Waals surface area contributed by atoms with Crippen LogP contribution < -0.4 is 16.0 Å². The van der Waals surface area contributed by atoms with Gasteiger partial charge < -0.3 is 20.7 Å². The van der Waals surface area contributed by atoms with E-state index in [2.05, 4.69) is 16.0 Å². The predicted octanol–water partition coefficient (Wildman–Crippen LogP) is 3.59. The summed E-state index contributed by atoms with van der Waals surface area (Å²) in [6.45, 7) is 0.966. The third-order valence-corrected chi connectivity index (χ3v) is 4.12. The molecule has 30 heavy (non-hydrogen) atoms. The predicted molar refractivity (Wildman–Crippen MR) is 114 cm³/mol. The molecule has 2 rings (SSSR count). The van der Waals surface area contributed by atoms with Gasteiger partial charge in [0.2, 0.25) is 11.8 Å². The molecule has 9 heteroatoms. The van der Waals surface area contributed by atoms with Crippen LogP contribution in [0.4, 0.5) is 17.1 Å². The van der Waals surface area contributed by atoms with Gasteiger partial charge >= 0.3 is 5.97 Å². The maximum atomic E-state index is 11.9. The van der Waals surface area contributed by atoms with Crippen molar-refractivity contribution in [1.82, 2.24) is 0 Å². The Morgan fingerprint density at radius 1 is 0.833 bits per heavy atom. The topological polar surface area (TPSA) is 114 Å². The molecule has 0 radical (unpaired) electrons. The van der Waals surface area contributed by atoms with Crippen molar-refractivity contribution in [3.8, 4) is 0 Å². The summed E-state index contributed by atoms with van der Waals surface area (Å²) in [4.78, 5) is 46.5. The van der Waals surface area contributed by atoms with E-state index in [-0.39, 0.29) is 31.1 Å². The molecule has 0 aliphatic heterocycles. The van der Waals surface area contributed by atoms with Crippen LogP contribution in [-0.2, 0) is 23.9 Å². The van der Waals surface area contributed by atoms with Gasteiger partial charge in [-0.1, -0.05) is 23.7 Å². The number of nitrogens with one attached hydrogen (secondary N) is 3. The van der Waals surface area contributed by atoms with E-state index in [4.69, 9.17) is 16.3 Å². The number of amides is 3. The van der Waals surface area contributed by atoms with Crippen molar-refractivity contribution in [2.75, 3.05) is 22.6 Å². The lowest BCUT2D eigenvalue weighted by molar-refractivity contribution is -0.147. The highest BCUT2D eigenvalue weighted by Crippen LogP contribution is 2.20. The fourth-order valence-electron chi connectivity index (χ4n) is 2.42. The molecule has 2 aromatic rings. The highest BCUT2D eigenvalue weighted by Gasteiger charge is 2.10. The summed E-state index contributed by atoms with van der Waals surface area (Å²) in [5.41, 5.74) is 1.61. The highest BCUT2D eigenvalue weighted by atomic mass is 35.5. The standard InChI is InChI=1S/C21H22ClN3O5/c1-14(26)23-15-9-11-16(12-10-15)24-20(28)13-30-21(29)8-4-7-19(27)25-18-6-3-2-5-17(18)22/h2-3,5-6,9-12H,4,7-8,13H2,1H3,(H,23,26)(H,24,28)(H,25,27). The normalized spacial score (nSPS) is 10.1. The number of rotatable bonds is 9. The molecule has 2 aromatic carbocycles. The van der Waals surface area contributed by atoms with Crippen LogP contribution in [0, 0.1) is 0 Å². The number of benzene rings is 2. The summed E-state index contributed by atoms with van der Waals surface area (Å²) in [5, 5.41) is 8.29. The smallest absolute Gasteiger partial charge is 0.306 e. The Hall–Kier alpha value is -3.39. The average Bonchev–Trinajstić information content (AvgIpc) is 2.69. The SMILES string of the molecule is CC(=O)Nc1ccc(NC(=O)COC(=O)CCCC(=O)Nc2ccccc2Cl)cc1. The van der Waals surface area contributed by atoms with Gasteiger partial charge in [0.1, 0.15) is 0 Å². The van der Waals surface area contributed by atoms with E-state index in [0.717, 1.165) is 0 Å².